The van der Waals surface area contributed by atoms with Gasteiger partial charge in [0.15, 0.2) is 0 Å². The number of thiophene rings is 1. The Labute approximate surface area is 361 Å². The minimum atomic E-state index is -0.112. The summed E-state index contributed by atoms with van der Waals surface area (Å²) in [5.74, 6) is 1.85. The molecule has 0 spiro atoms. The number of fused-ring (bicyclic) bond motifs is 10. The van der Waals surface area contributed by atoms with Gasteiger partial charge in [0.1, 0.15) is 11.5 Å². The van der Waals surface area contributed by atoms with Gasteiger partial charge in [0, 0.05) is 54.1 Å². The number of ether oxygens (including phenoxy) is 1. The lowest BCUT2D eigenvalue weighted by molar-refractivity contribution is 0.483. The van der Waals surface area contributed by atoms with Crippen LogP contribution in [0.3, 0.4) is 0 Å². The maximum atomic E-state index is 7.30. The van der Waals surface area contributed by atoms with Crippen molar-refractivity contribution in [2.45, 2.75) is 52.4 Å². The summed E-state index contributed by atoms with van der Waals surface area (Å²) in [5.41, 5.74) is 15.9. The number of unbranched alkanes of at least 4 members (excludes halogenated alkanes) is 1. The quantitative estimate of drug-likeness (QED) is 0.156. The number of benzene rings is 8. The van der Waals surface area contributed by atoms with Gasteiger partial charge in [-0.25, -0.2) is 0 Å². The summed E-state index contributed by atoms with van der Waals surface area (Å²) in [6, 6.07) is 60.9. The molecule has 8 aromatic carbocycles. The summed E-state index contributed by atoms with van der Waals surface area (Å²) in [6.45, 7) is 9.23. The number of rotatable bonds is 6. The SMILES string of the molecule is CCCCc1c(N2c3ccc(-c4ccccc4)cc3B3c4ccc(-n5c6ccccc6c6ccccc65)cc4Oc4cc(C(C)(C)C)cc2c43)ccc2c1sc1ccccc12. The highest BCUT2D eigenvalue weighted by molar-refractivity contribution is 7.26. The van der Waals surface area contributed by atoms with Crippen LogP contribution in [0.5, 0.6) is 11.5 Å². The second kappa shape index (κ2) is 13.7. The smallest absolute Gasteiger partial charge is 0.256 e. The zero-order chi connectivity index (χ0) is 41.0. The summed E-state index contributed by atoms with van der Waals surface area (Å²) in [5, 5.41) is 5.20. The number of para-hydroxylation sites is 2. The molecule has 0 aliphatic carbocycles. The number of aryl methyl sites for hydroxylation is 1. The maximum absolute atomic E-state index is 7.30. The summed E-state index contributed by atoms with van der Waals surface area (Å²) >= 11 is 1.94. The van der Waals surface area contributed by atoms with Crippen LogP contribution >= 0.6 is 11.3 Å². The first-order valence-corrected chi connectivity index (χ1v) is 22.6. The van der Waals surface area contributed by atoms with E-state index in [-0.39, 0.29) is 12.1 Å². The van der Waals surface area contributed by atoms with Gasteiger partial charge in [0.2, 0.25) is 0 Å². The molecule has 10 aromatic rings. The third kappa shape index (κ3) is 5.56. The summed E-state index contributed by atoms with van der Waals surface area (Å²) < 4.78 is 12.4. The molecule has 0 bridgehead atoms. The van der Waals surface area contributed by atoms with Crippen LogP contribution in [0.2, 0.25) is 0 Å². The molecule has 3 nitrogen and oxygen atoms in total. The van der Waals surface area contributed by atoms with Gasteiger partial charge in [-0.3, -0.25) is 0 Å². The van der Waals surface area contributed by atoms with Gasteiger partial charge in [-0.2, -0.15) is 0 Å². The van der Waals surface area contributed by atoms with E-state index >= 15 is 0 Å². The van der Waals surface area contributed by atoms with Crippen molar-refractivity contribution in [2.24, 2.45) is 0 Å². The molecule has 0 N–H and O–H groups in total. The van der Waals surface area contributed by atoms with E-state index in [0.717, 1.165) is 36.4 Å². The van der Waals surface area contributed by atoms with Crippen molar-refractivity contribution >= 4 is 93.5 Å². The lowest BCUT2D eigenvalue weighted by Gasteiger charge is -2.42. The summed E-state index contributed by atoms with van der Waals surface area (Å²) in [7, 11) is 0. The highest BCUT2D eigenvalue weighted by atomic mass is 32.1. The molecule has 2 aliphatic heterocycles. The molecule has 0 atom stereocenters. The van der Waals surface area contributed by atoms with Crippen LogP contribution < -0.4 is 26.0 Å². The first kappa shape index (κ1) is 36.3. The Morgan fingerprint density at radius 1 is 0.574 bits per heavy atom. The van der Waals surface area contributed by atoms with Crippen molar-refractivity contribution in [2.75, 3.05) is 4.90 Å². The molecule has 0 unspecified atom stereocenters. The van der Waals surface area contributed by atoms with Crippen molar-refractivity contribution in [3.63, 3.8) is 0 Å². The van der Waals surface area contributed by atoms with Crippen molar-refractivity contribution in [1.29, 1.82) is 0 Å². The van der Waals surface area contributed by atoms with Crippen LogP contribution in [0, 0.1) is 0 Å². The molecule has 2 aliphatic rings. The average Bonchev–Trinajstić information content (AvgIpc) is 3.84. The molecule has 0 fully saturated rings. The molecule has 2 aromatic heterocycles. The Hall–Kier alpha value is -6.56. The molecule has 61 heavy (non-hydrogen) atoms. The fourth-order valence-corrected chi connectivity index (χ4v) is 11.5. The monoisotopic (exact) mass is 804 g/mol. The van der Waals surface area contributed by atoms with Crippen molar-refractivity contribution in [3.05, 3.63) is 175 Å². The largest absolute Gasteiger partial charge is 0.458 e. The number of anilines is 3. The molecule has 294 valence electrons. The summed E-state index contributed by atoms with van der Waals surface area (Å²) in [4.78, 5) is 2.60. The second-order valence-electron chi connectivity index (χ2n) is 17.9. The van der Waals surface area contributed by atoms with E-state index in [2.05, 4.69) is 201 Å². The van der Waals surface area contributed by atoms with Crippen molar-refractivity contribution in [3.8, 4) is 28.3 Å². The first-order valence-electron chi connectivity index (χ1n) is 21.8. The maximum Gasteiger partial charge on any atom is 0.256 e. The van der Waals surface area contributed by atoms with E-state index in [9.17, 15) is 0 Å². The van der Waals surface area contributed by atoms with Gasteiger partial charge in [0.05, 0.1) is 16.7 Å². The molecule has 0 radical (unpaired) electrons. The van der Waals surface area contributed by atoms with Gasteiger partial charge < -0.3 is 14.2 Å². The Bertz CT molecular complexity index is 3340. The van der Waals surface area contributed by atoms with E-state index < -0.39 is 0 Å². The number of aromatic nitrogens is 1. The van der Waals surface area contributed by atoms with Crippen LogP contribution in [-0.4, -0.2) is 11.3 Å². The Morgan fingerprint density at radius 2 is 1.28 bits per heavy atom. The normalized spacial score (nSPS) is 13.2. The number of hydrogen-bond acceptors (Lipinski definition) is 3. The van der Waals surface area contributed by atoms with Gasteiger partial charge in [-0.1, -0.05) is 143 Å². The minimum Gasteiger partial charge on any atom is -0.458 e. The van der Waals surface area contributed by atoms with Crippen LogP contribution in [0.1, 0.15) is 51.7 Å². The number of hydrogen-bond donors (Lipinski definition) is 0. The molecule has 4 heterocycles. The van der Waals surface area contributed by atoms with E-state index in [1.165, 1.54) is 97.7 Å². The average molecular weight is 805 g/mol. The third-order valence-corrected chi connectivity index (χ3v) is 14.5. The third-order valence-electron chi connectivity index (χ3n) is 13.2. The predicted octanol–water partition coefficient (Wildman–Crippen LogP) is 13.9. The van der Waals surface area contributed by atoms with Crippen LogP contribution in [-0.2, 0) is 11.8 Å². The molecule has 0 amide bonds. The standard InChI is InChI=1S/C56H45BN2OS/c1-5-6-18-43-48(30-27-42-41-21-12-15-24-53(41)61-55(42)43)59-49-29-25-36(35-16-8-7-9-17-35)31-45(49)57-44-28-26-38(58-46-22-13-10-19-39(46)40-20-11-14-23-47(40)58)34-51(44)60-52-33-37(56(2,3)4)32-50(59)54(52)57/h7-17,19-34H,5-6,18H2,1-4H3. The second-order valence-corrected chi connectivity index (χ2v) is 19.0. The highest BCUT2D eigenvalue weighted by Gasteiger charge is 2.43. The topological polar surface area (TPSA) is 17.4 Å². The zero-order valence-corrected chi connectivity index (χ0v) is 35.8. The fourth-order valence-electron chi connectivity index (χ4n) is 10.2. The fraction of sp³-hybridized carbons (Fsp3) is 0.143. The van der Waals surface area contributed by atoms with Crippen LogP contribution in [0.15, 0.2) is 164 Å². The van der Waals surface area contributed by atoms with Crippen LogP contribution in [0.4, 0.5) is 17.1 Å². The highest BCUT2D eigenvalue weighted by Crippen LogP contribution is 2.48. The van der Waals surface area contributed by atoms with Crippen molar-refractivity contribution in [1.82, 2.24) is 4.57 Å². The van der Waals surface area contributed by atoms with E-state index in [4.69, 9.17) is 4.74 Å². The summed E-state index contributed by atoms with van der Waals surface area (Å²) in [6.07, 6.45) is 3.27. The van der Waals surface area contributed by atoms with Gasteiger partial charge in [-0.05, 0) is 105 Å². The lowest BCUT2D eigenvalue weighted by atomic mass is 9.34. The van der Waals surface area contributed by atoms with Gasteiger partial charge >= 0.3 is 0 Å². The Morgan fingerprint density at radius 3 is 2.03 bits per heavy atom. The Kier molecular flexibility index (Phi) is 8.18. The predicted molar refractivity (Wildman–Crippen MR) is 262 cm³/mol. The van der Waals surface area contributed by atoms with E-state index in [0.29, 0.717) is 0 Å². The van der Waals surface area contributed by atoms with E-state index in [1.54, 1.807) is 0 Å². The molecule has 0 saturated carbocycles. The zero-order valence-electron chi connectivity index (χ0n) is 35.0. The Balaban J connectivity index is 1.13. The lowest BCUT2D eigenvalue weighted by Crippen LogP contribution is -2.59. The molecule has 0 saturated heterocycles. The van der Waals surface area contributed by atoms with Gasteiger partial charge in [0.25, 0.3) is 6.71 Å². The minimum absolute atomic E-state index is 0.0305. The van der Waals surface area contributed by atoms with E-state index in [1.807, 2.05) is 11.3 Å². The first-order chi connectivity index (χ1) is 29.9. The molecule has 5 heteroatoms. The number of nitrogens with zero attached hydrogens (tertiary/aromatic N) is 2. The molecular weight excluding hydrogens is 760 g/mol. The van der Waals surface area contributed by atoms with Gasteiger partial charge in [-0.15, -0.1) is 11.3 Å². The van der Waals surface area contributed by atoms with Crippen molar-refractivity contribution < 1.29 is 4.74 Å². The molecule has 12 rings (SSSR count). The molecular formula is C56H45BN2OS. The van der Waals surface area contributed by atoms with Crippen LogP contribution in [0.25, 0.3) is 58.8 Å².